The Morgan fingerprint density at radius 3 is 3.00 bits per heavy atom. The molecular formula is C15H23Cl2N5O. The number of halogens is 2. The topological polar surface area (TPSA) is 71.3 Å². The lowest BCUT2D eigenvalue weighted by Gasteiger charge is -2.13. The molecule has 0 bridgehead atoms. The highest BCUT2D eigenvalue weighted by Gasteiger charge is 2.18. The Hall–Kier alpha value is -1.37. The van der Waals surface area contributed by atoms with Crippen LogP contribution in [0.5, 0.6) is 0 Å². The molecule has 2 atom stereocenters. The number of aromatic nitrogens is 3. The van der Waals surface area contributed by atoms with E-state index in [0.717, 1.165) is 31.0 Å². The number of hydrogen-bond acceptors (Lipinski definition) is 4. The Labute approximate surface area is 148 Å². The fourth-order valence-corrected chi connectivity index (χ4v) is 2.83. The van der Waals surface area contributed by atoms with Gasteiger partial charge in [0.05, 0.1) is 6.04 Å². The maximum Gasteiger partial charge on any atom is 0.220 e. The zero-order valence-electron chi connectivity index (χ0n) is 13.1. The molecule has 6 nitrogen and oxygen atoms in total. The third-order valence-corrected chi connectivity index (χ3v) is 4.05. The smallest absolute Gasteiger partial charge is 0.220 e. The first-order chi connectivity index (χ1) is 10.2. The normalized spacial score (nSPS) is 18.0. The number of nitrogens with one attached hydrogen (secondary N) is 2. The van der Waals surface area contributed by atoms with Crippen LogP contribution < -0.4 is 10.6 Å². The van der Waals surface area contributed by atoms with Crippen molar-refractivity contribution in [3.63, 3.8) is 0 Å². The van der Waals surface area contributed by atoms with Crippen LogP contribution in [0.25, 0.3) is 5.65 Å². The Morgan fingerprint density at radius 2 is 2.26 bits per heavy atom. The van der Waals surface area contributed by atoms with Gasteiger partial charge >= 0.3 is 0 Å². The summed E-state index contributed by atoms with van der Waals surface area (Å²) in [6.45, 7) is 4.06. The highest BCUT2D eigenvalue weighted by molar-refractivity contribution is 5.85. The summed E-state index contributed by atoms with van der Waals surface area (Å²) in [6.07, 6.45) is 4.62. The maximum atomic E-state index is 12.1. The van der Waals surface area contributed by atoms with Crippen LogP contribution in [-0.4, -0.2) is 33.6 Å². The van der Waals surface area contributed by atoms with Crippen molar-refractivity contribution in [2.24, 2.45) is 5.92 Å². The summed E-state index contributed by atoms with van der Waals surface area (Å²) < 4.78 is 1.91. The van der Waals surface area contributed by atoms with E-state index in [2.05, 4.69) is 20.8 Å². The first-order valence-corrected chi connectivity index (χ1v) is 7.54. The van der Waals surface area contributed by atoms with E-state index >= 15 is 0 Å². The third kappa shape index (κ3) is 4.80. The van der Waals surface area contributed by atoms with Crippen LogP contribution in [0.1, 0.15) is 38.1 Å². The molecule has 128 valence electrons. The van der Waals surface area contributed by atoms with Gasteiger partial charge in [-0.05, 0) is 50.9 Å². The van der Waals surface area contributed by atoms with Gasteiger partial charge in [0.2, 0.25) is 5.91 Å². The molecule has 1 aliphatic heterocycles. The van der Waals surface area contributed by atoms with Gasteiger partial charge < -0.3 is 10.6 Å². The van der Waals surface area contributed by atoms with Gasteiger partial charge in [-0.15, -0.1) is 35.0 Å². The highest BCUT2D eigenvalue weighted by Crippen LogP contribution is 2.16. The average molecular weight is 360 g/mol. The Bertz CT molecular complexity index is 627. The summed E-state index contributed by atoms with van der Waals surface area (Å²) in [7, 11) is 0. The molecule has 1 aliphatic rings. The van der Waals surface area contributed by atoms with Crippen LogP contribution in [0.15, 0.2) is 24.4 Å². The molecule has 0 aliphatic carbocycles. The van der Waals surface area contributed by atoms with Gasteiger partial charge in [-0.2, -0.15) is 0 Å². The molecule has 1 fully saturated rings. The number of pyridine rings is 1. The summed E-state index contributed by atoms with van der Waals surface area (Å²) in [5.74, 6) is 1.49. The monoisotopic (exact) mass is 359 g/mol. The number of carbonyl (C=O) groups is 1. The Morgan fingerprint density at radius 1 is 1.43 bits per heavy atom. The molecule has 3 heterocycles. The molecular weight excluding hydrogens is 337 g/mol. The zero-order valence-corrected chi connectivity index (χ0v) is 14.7. The lowest BCUT2D eigenvalue weighted by Crippen LogP contribution is -2.28. The second kappa shape index (κ2) is 9.05. The van der Waals surface area contributed by atoms with Gasteiger partial charge in [0.15, 0.2) is 11.5 Å². The summed E-state index contributed by atoms with van der Waals surface area (Å²) in [5.41, 5.74) is 0.797. The van der Waals surface area contributed by atoms with Crippen molar-refractivity contribution in [1.82, 2.24) is 25.2 Å². The largest absolute Gasteiger partial charge is 0.346 e. The van der Waals surface area contributed by atoms with Crippen LogP contribution in [0.4, 0.5) is 0 Å². The van der Waals surface area contributed by atoms with E-state index in [9.17, 15) is 4.79 Å². The van der Waals surface area contributed by atoms with Gasteiger partial charge in [-0.25, -0.2) is 0 Å². The fraction of sp³-hybridized carbons (Fsp3) is 0.533. The van der Waals surface area contributed by atoms with Gasteiger partial charge in [-0.1, -0.05) is 6.07 Å². The van der Waals surface area contributed by atoms with Crippen molar-refractivity contribution >= 4 is 36.4 Å². The van der Waals surface area contributed by atoms with Gasteiger partial charge in [-0.3, -0.25) is 9.20 Å². The molecule has 2 unspecified atom stereocenters. The van der Waals surface area contributed by atoms with E-state index in [0.29, 0.717) is 12.3 Å². The maximum absolute atomic E-state index is 12.1. The van der Waals surface area contributed by atoms with E-state index in [1.165, 1.54) is 6.42 Å². The number of amides is 1. The van der Waals surface area contributed by atoms with E-state index in [-0.39, 0.29) is 36.8 Å². The van der Waals surface area contributed by atoms with Crippen molar-refractivity contribution in [2.75, 3.05) is 13.1 Å². The van der Waals surface area contributed by atoms with Crippen LogP contribution in [0.2, 0.25) is 0 Å². The molecule has 2 N–H and O–H groups in total. The number of rotatable bonds is 5. The predicted octanol–water partition coefficient (Wildman–Crippen LogP) is 2.14. The van der Waals surface area contributed by atoms with Crippen LogP contribution >= 0.6 is 24.8 Å². The van der Waals surface area contributed by atoms with Crippen LogP contribution in [0.3, 0.4) is 0 Å². The molecule has 3 rings (SSSR count). The third-order valence-electron chi connectivity index (χ3n) is 4.05. The Balaban J connectivity index is 0.00000132. The number of carbonyl (C=O) groups excluding carboxylic acids is 1. The number of fused-ring (bicyclic) bond motifs is 1. The minimum atomic E-state index is -0.142. The SMILES string of the molecule is CC(NC(=O)CCC1CCNC1)c1nnc2ccccn12.Cl.Cl. The molecule has 0 spiro atoms. The van der Waals surface area contributed by atoms with Gasteiger partial charge in [0.25, 0.3) is 0 Å². The second-order valence-electron chi connectivity index (χ2n) is 5.67. The van der Waals surface area contributed by atoms with E-state index in [4.69, 9.17) is 0 Å². The van der Waals surface area contributed by atoms with Crippen LogP contribution in [0, 0.1) is 5.92 Å². The minimum absolute atomic E-state index is 0. The number of hydrogen-bond donors (Lipinski definition) is 2. The fourth-order valence-electron chi connectivity index (χ4n) is 2.83. The molecule has 2 aromatic rings. The summed E-state index contributed by atoms with van der Waals surface area (Å²) in [6, 6.07) is 5.61. The average Bonchev–Trinajstić information content (AvgIpc) is 3.14. The molecule has 23 heavy (non-hydrogen) atoms. The van der Waals surface area contributed by atoms with Gasteiger partial charge in [0.1, 0.15) is 0 Å². The molecule has 1 amide bonds. The summed E-state index contributed by atoms with van der Waals surface area (Å²) >= 11 is 0. The minimum Gasteiger partial charge on any atom is -0.346 e. The van der Waals surface area contributed by atoms with Gasteiger partial charge in [0, 0.05) is 12.6 Å². The van der Waals surface area contributed by atoms with Crippen molar-refractivity contribution < 1.29 is 4.79 Å². The van der Waals surface area contributed by atoms with E-state index < -0.39 is 0 Å². The summed E-state index contributed by atoms with van der Waals surface area (Å²) in [4.78, 5) is 12.1. The molecule has 0 aromatic carbocycles. The van der Waals surface area contributed by atoms with Crippen molar-refractivity contribution in [3.05, 3.63) is 30.2 Å². The molecule has 2 aromatic heterocycles. The van der Waals surface area contributed by atoms with Crippen molar-refractivity contribution in [3.8, 4) is 0 Å². The predicted molar refractivity (Wildman–Crippen MR) is 94.3 cm³/mol. The quantitative estimate of drug-likeness (QED) is 0.857. The highest BCUT2D eigenvalue weighted by atomic mass is 35.5. The Kier molecular flexibility index (Phi) is 7.75. The molecule has 0 saturated carbocycles. The first-order valence-electron chi connectivity index (χ1n) is 7.54. The van der Waals surface area contributed by atoms with Crippen molar-refractivity contribution in [2.45, 2.75) is 32.2 Å². The summed E-state index contributed by atoms with van der Waals surface area (Å²) in [5, 5.41) is 14.6. The molecule has 8 heteroatoms. The second-order valence-corrected chi connectivity index (χ2v) is 5.67. The zero-order chi connectivity index (χ0) is 14.7. The first kappa shape index (κ1) is 19.7. The van der Waals surface area contributed by atoms with E-state index in [1.54, 1.807) is 0 Å². The van der Waals surface area contributed by atoms with Crippen LogP contribution in [-0.2, 0) is 4.79 Å². The number of nitrogens with zero attached hydrogens (tertiary/aromatic N) is 3. The van der Waals surface area contributed by atoms with E-state index in [1.807, 2.05) is 35.7 Å². The lowest BCUT2D eigenvalue weighted by atomic mass is 10.0. The van der Waals surface area contributed by atoms with Crippen molar-refractivity contribution in [1.29, 1.82) is 0 Å². The molecule has 1 saturated heterocycles. The lowest BCUT2D eigenvalue weighted by molar-refractivity contribution is -0.122. The molecule has 0 radical (unpaired) electrons. The standard InChI is InChI=1S/C15H21N5O.2ClH/c1-11(15-19-18-13-4-2-3-9-20(13)15)17-14(21)6-5-12-7-8-16-10-12;;/h2-4,9,11-12,16H,5-8,10H2,1H3,(H,17,21);2*1H.